The Hall–Kier alpha value is -2.25. The maximum Gasteiger partial charge on any atom is 0.416 e. The number of alkyl halides is 3. The fraction of sp³-hybridized carbons (Fsp3) is 0.385. The van der Waals surface area contributed by atoms with Crippen LogP contribution in [0.4, 0.5) is 23.7 Å². The number of nitrogens with one attached hydrogen (secondary N) is 2. The number of hydrogen-bond acceptors (Lipinski definition) is 2. The maximum absolute atomic E-state index is 12.5. The molecule has 0 aliphatic carbocycles. The van der Waals surface area contributed by atoms with Gasteiger partial charge in [0.2, 0.25) is 0 Å². The number of hydrogen-bond donors (Lipinski definition) is 3. The Morgan fingerprint density at radius 3 is 2.52 bits per heavy atom. The van der Waals surface area contributed by atoms with Crippen molar-refractivity contribution in [2.45, 2.75) is 32.0 Å². The van der Waals surface area contributed by atoms with Crippen LogP contribution in [0.15, 0.2) is 24.3 Å². The summed E-state index contributed by atoms with van der Waals surface area (Å²) in [5.41, 5.74) is -0.966. The Bertz CT molecular complexity index is 518. The molecule has 8 heteroatoms. The number of carbonyl (C=O) groups excluding carboxylic acids is 1. The third kappa shape index (κ3) is 5.33. The predicted molar refractivity (Wildman–Crippen MR) is 69.9 cm³/mol. The smallest absolute Gasteiger partial charge is 0.416 e. The first kappa shape index (κ1) is 16.8. The summed E-state index contributed by atoms with van der Waals surface area (Å²) in [6.45, 7) is 1.75. The Kier molecular flexibility index (Phi) is 5.57. The van der Waals surface area contributed by atoms with E-state index in [0.717, 1.165) is 18.2 Å². The molecule has 0 heterocycles. The lowest BCUT2D eigenvalue weighted by Crippen LogP contribution is -2.42. The molecule has 0 aromatic heterocycles. The minimum absolute atomic E-state index is 0.0667. The van der Waals surface area contributed by atoms with Gasteiger partial charge in [0.25, 0.3) is 0 Å². The van der Waals surface area contributed by atoms with E-state index < -0.39 is 29.8 Å². The summed E-state index contributed by atoms with van der Waals surface area (Å²) < 4.78 is 37.5. The molecule has 0 radical (unpaired) electrons. The van der Waals surface area contributed by atoms with Crippen LogP contribution in [0, 0.1) is 0 Å². The van der Waals surface area contributed by atoms with Gasteiger partial charge in [0.1, 0.15) is 6.04 Å². The average Bonchev–Trinajstić information content (AvgIpc) is 2.37. The number of rotatable bonds is 5. The lowest BCUT2D eigenvalue weighted by molar-refractivity contribution is -0.139. The number of carboxylic acids is 1. The summed E-state index contributed by atoms with van der Waals surface area (Å²) in [4.78, 5) is 22.5. The fourth-order valence-corrected chi connectivity index (χ4v) is 1.64. The van der Waals surface area contributed by atoms with Gasteiger partial charge >= 0.3 is 18.2 Å². The molecule has 1 aromatic rings. The van der Waals surface area contributed by atoms with Crippen LogP contribution >= 0.6 is 0 Å². The van der Waals surface area contributed by atoms with Gasteiger partial charge in [0.15, 0.2) is 0 Å². The predicted octanol–water partition coefficient (Wildman–Crippen LogP) is 3.08. The SMILES string of the molecule is CCCC(NC(=O)Nc1cccc(C(F)(F)F)c1)C(=O)O. The van der Waals surface area contributed by atoms with Gasteiger partial charge in [0, 0.05) is 5.69 Å². The molecule has 3 N–H and O–H groups in total. The van der Waals surface area contributed by atoms with Crippen LogP contribution in [-0.4, -0.2) is 23.1 Å². The Morgan fingerprint density at radius 1 is 1.33 bits per heavy atom. The first-order valence-corrected chi connectivity index (χ1v) is 6.21. The average molecular weight is 304 g/mol. The lowest BCUT2D eigenvalue weighted by atomic mass is 10.2. The first-order valence-electron chi connectivity index (χ1n) is 6.21. The molecule has 5 nitrogen and oxygen atoms in total. The molecule has 0 saturated heterocycles. The van der Waals surface area contributed by atoms with Crippen LogP contribution in [0.5, 0.6) is 0 Å². The molecule has 21 heavy (non-hydrogen) atoms. The zero-order chi connectivity index (χ0) is 16.0. The van der Waals surface area contributed by atoms with Crippen LogP contribution < -0.4 is 10.6 Å². The van der Waals surface area contributed by atoms with Crippen LogP contribution in [-0.2, 0) is 11.0 Å². The fourth-order valence-electron chi connectivity index (χ4n) is 1.64. The van der Waals surface area contributed by atoms with Gasteiger partial charge in [-0.25, -0.2) is 9.59 Å². The second-order valence-corrected chi connectivity index (χ2v) is 4.36. The van der Waals surface area contributed by atoms with Gasteiger partial charge in [0.05, 0.1) is 5.56 Å². The molecule has 0 spiro atoms. The highest BCUT2D eigenvalue weighted by atomic mass is 19.4. The van der Waals surface area contributed by atoms with E-state index in [0.29, 0.717) is 6.42 Å². The van der Waals surface area contributed by atoms with E-state index in [-0.39, 0.29) is 12.1 Å². The van der Waals surface area contributed by atoms with Gasteiger partial charge < -0.3 is 15.7 Å². The topological polar surface area (TPSA) is 78.4 Å². The Labute approximate surface area is 119 Å². The van der Waals surface area contributed by atoms with E-state index in [2.05, 4.69) is 10.6 Å². The quantitative estimate of drug-likeness (QED) is 0.782. The Balaban J connectivity index is 2.73. The molecule has 2 amide bonds. The zero-order valence-electron chi connectivity index (χ0n) is 11.2. The van der Waals surface area contributed by atoms with Gasteiger partial charge in [-0.3, -0.25) is 0 Å². The summed E-state index contributed by atoms with van der Waals surface area (Å²) in [6.07, 6.45) is -3.74. The summed E-state index contributed by atoms with van der Waals surface area (Å²) in [6, 6.07) is 2.13. The minimum atomic E-state index is -4.51. The monoisotopic (exact) mass is 304 g/mol. The van der Waals surface area contributed by atoms with E-state index in [4.69, 9.17) is 5.11 Å². The van der Waals surface area contributed by atoms with E-state index in [1.807, 2.05) is 0 Å². The molecule has 116 valence electrons. The van der Waals surface area contributed by atoms with Crippen molar-refractivity contribution in [2.24, 2.45) is 0 Å². The van der Waals surface area contributed by atoms with Crippen molar-refractivity contribution in [1.82, 2.24) is 5.32 Å². The summed E-state index contributed by atoms with van der Waals surface area (Å²) >= 11 is 0. The van der Waals surface area contributed by atoms with Crippen molar-refractivity contribution in [3.63, 3.8) is 0 Å². The number of aliphatic carboxylic acids is 1. The van der Waals surface area contributed by atoms with Crippen LogP contribution in [0.25, 0.3) is 0 Å². The molecule has 1 aromatic carbocycles. The minimum Gasteiger partial charge on any atom is -0.480 e. The highest BCUT2D eigenvalue weighted by Crippen LogP contribution is 2.30. The van der Waals surface area contributed by atoms with Gasteiger partial charge in [-0.2, -0.15) is 13.2 Å². The Morgan fingerprint density at radius 2 is 2.00 bits per heavy atom. The van der Waals surface area contributed by atoms with Crippen molar-refractivity contribution in [3.8, 4) is 0 Å². The largest absolute Gasteiger partial charge is 0.480 e. The van der Waals surface area contributed by atoms with E-state index in [1.54, 1.807) is 6.92 Å². The standard InChI is InChI=1S/C13H15F3N2O3/c1-2-4-10(11(19)20)18-12(21)17-9-6-3-5-8(7-9)13(14,15)16/h3,5-7,10H,2,4H2,1H3,(H,19,20)(H2,17,18,21). The third-order valence-corrected chi connectivity index (χ3v) is 2.63. The van der Waals surface area contributed by atoms with E-state index in [1.165, 1.54) is 6.07 Å². The molecule has 0 aliphatic rings. The molecule has 1 rings (SSSR count). The summed E-state index contributed by atoms with van der Waals surface area (Å²) in [7, 11) is 0. The number of carboxylic acid groups (broad SMARTS) is 1. The molecule has 0 bridgehead atoms. The van der Waals surface area contributed by atoms with E-state index >= 15 is 0 Å². The number of carbonyl (C=O) groups is 2. The number of halogens is 3. The van der Waals surface area contributed by atoms with Gasteiger partial charge in [-0.1, -0.05) is 19.4 Å². The molecule has 0 saturated carbocycles. The molecular formula is C13H15F3N2O3. The molecular weight excluding hydrogens is 289 g/mol. The number of benzene rings is 1. The van der Waals surface area contributed by atoms with Crippen molar-refractivity contribution in [2.75, 3.05) is 5.32 Å². The molecule has 1 atom stereocenters. The molecule has 0 fully saturated rings. The summed E-state index contributed by atoms with van der Waals surface area (Å²) in [5, 5.41) is 13.3. The van der Waals surface area contributed by atoms with Crippen molar-refractivity contribution >= 4 is 17.7 Å². The maximum atomic E-state index is 12.5. The second kappa shape index (κ2) is 6.96. The number of urea groups is 1. The lowest BCUT2D eigenvalue weighted by Gasteiger charge is -2.15. The zero-order valence-corrected chi connectivity index (χ0v) is 11.2. The third-order valence-electron chi connectivity index (χ3n) is 2.63. The van der Waals surface area contributed by atoms with Gasteiger partial charge in [-0.15, -0.1) is 0 Å². The van der Waals surface area contributed by atoms with Crippen LogP contribution in [0.1, 0.15) is 25.3 Å². The highest BCUT2D eigenvalue weighted by molar-refractivity contribution is 5.92. The van der Waals surface area contributed by atoms with Gasteiger partial charge in [-0.05, 0) is 24.6 Å². The van der Waals surface area contributed by atoms with Crippen molar-refractivity contribution in [1.29, 1.82) is 0 Å². The molecule has 1 unspecified atom stereocenters. The van der Waals surface area contributed by atoms with E-state index in [9.17, 15) is 22.8 Å². The summed E-state index contributed by atoms with van der Waals surface area (Å²) in [5.74, 6) is -1.20. The first-order chi connectivity index (χ1) is 9.74. The van der Waals surface area contributed by atoms with Crippen LogP contribution in [0.3, 0.4) is 0 Å². The molecule has 0 aliphatic heterocycles. The highest BCUT2D eigenvalue weighted by Gasteiger charge is 2.30. The number of amides is 2. The second-order valence-electron chi connectivity index (χ2n) is 4.36. The number of anilines is 1. The van der Waals surface area contributed by atoms with Crippen LogP contribution in [0.2, 0.25) is 0 Å². The normalized spacial score (nSPS) is 12.6. The van der Waals surface area contributed by atoms with Crippen molar-refractivity contribution < 1.29 is 27.9 Å². The van der Waals surface area contributed by atoms with Crippen molar-refractivity contribution in [3.05, 3.63) is 29.8 Å².